The summed E-state index contributed by atoms with van der Waals surface area (Å²) in [5, 5.41) is 15.9. The number of nitrogens with one attached hydrogen (secondary N) is 2. The highest BCUT2D eigenvalue weighted by atomic mass is 35.5. The van der Waals surface area contributed by atoms with E-state index in [0.717, 1.165) is 0 Å². The second-order valence-corrected chi connectivity index (χ2v) is 8.26. The van der Waals surface area contributed by atoms with Crippen LogP contribution in [0.4, 0.5) is 13.2 Å². The van der Waals surface area contributed by atoms with Gasteiger partial charge in [0.25, 0.3) is 5.91 Å². The van der Waals surface area contributed by atoms with Gasteiger partial charge in [-0.15, -0.1) is 13.2 Å². The van der Waals surface area contributed by atoms with Crippen molar-refractivity contribution in [3.8, 4) is 5.75 Å². The van der Waals surface area contributed by atoms with Gasteiger partial charge in [-0.3, -0.25) is 14.3 Å². The fourth-order valence-electron chi connectivity index (χ4n) is 3.43. The molecule has 2 atom stereocenters. The Morgan fingerprint density at radius 2 is 1.97 bits per heavy atom. The van der Waals surface area contributed by atoms with E-state index in [1.807, 2.05) is 0 Å². The molecule has 33 heavy (non-hydrogen) atoms. The molecule has 182 valence electrons. The molecule has 1 aromatic rings. The van der Waals surface area contributed by atoms with Gasteiger partial charge in [-0.1, -0.05) is 18.2 Å². The zero-order chi connectivity index (χ0) is 24.2. The maximum absolute atomic E-state index is 12.4. The fraction of sp³-hybridized carbons (Fsp3) is 0.524. The topological polar surface area (TPSA) is 106 Å². The maximum atomic E-state index is 12.4. The average molecular weight is 493 g/mol. The van der Waals surface area contributed by atoms with Crippen LogP contribution in [0.2, 0.25) is 5.02 Å². The van der Waals surface area contributed by atoms with Gasteiger partial charge in [-0.05, 0) is 18.2 Å². The van der Waals surface area contributed by atoms with Gasteiger partial charge in [0.15, 0.2) is 6.10 Å². The summed E-state index contributed by atoms with van der Waals surface area (Å²) in [5.41, 5.74) is 0.855. The molecular formula is C21H24ClF3N2O6. The van der Waals surface area contributed by atoms with Crippen LogP contribution in [-0.2, 0) is 19.1 Å². The molecule has 1 aromatic carbocycles. The van der Waals surface area contributed by atoms with E-state index in [-0.39, 0.29) is 38.8 Å². The van der Waals surface area contributed by atoms with Crippen molar-refractivity contribution >= 4 is 23.4 Å². The summed E-state index contributed by atoms with van der Waals surface area (Å²) in [5.74, 6) is -0.544. The first-order chi connectivity index (χ1) is 15.5. The SMILES string of the molecule is C=C(CCNC(=O)CO[C@H]1C[C@@H](OC(F)(F)F)C1)NC(=O)[C@H]1C[C@H](O)c2cc(Cl)ccc2O1. The molecule has 1 heterocycles. The van der Waals surface area contributed by atoms with Crippen LogP contribution < -0.4 is 15.4 Å². The Kier molecular flexibility index (Phi) is 8.22. The highest BCUT2D eigenvalue weighted by Gasteiger charge is 2.40. The van der Waals surface area contributed by atoms with Crippen molar-refractivity contribution in [3.63, 3.8) is 0 Å². The second-order valence-electron chi connectivity index (χ2n) is 7.82. The lowest BCUT2D eigenvalue weighted by molar-refractivity contribution is -0.357. The fourth-order valence-corrected chi connectivity index (χ4v) is 3.61. The number of carbonyl (C=O) groups excluding carboxylic acids is 2. The summed E-state index contributed by atoms with van der Waals surface area (Å²) >= 11 is 5.91. The number of aliphatic hydroxyl groups is 1. The van der Waals surface area contributed by atoms with Crippen LogP contribution in [0, 0.1) is 0 Å². The maximum Gasteiger partial charge on any atom is 0.522 e. The van der Waals surface area contributed by atoms with E-state index in [0.29, 0.717) is 22.0 Å². The highest BCUT2D eigenvalue weighted by molar-refractivity contribution is 6.30. The lowest BCUT2D eigenvalue weighted by Crippen LogP contribution is -2.42. The van der Waals surface area contributed by atoms with Crippen LogP contribution in [0.3, 0.4) is 0 Å². The molecule has 0 bridgehead atoms. The minimum atomic E-state index is -4.67. The largest absolute Gasteiger partial charge is 0.522 e. The first kappa shape index (κ1) is 25.3. The molecule has 12 heteroatoms. The number of ether oxygens (including phenoxy) is 3. The third-order valence-electron chi connectivity index (χ3n) is 5.18. The molecule has 8 nitrogen and oxygen atoms in total. The molecule has 0 unspecified atom stereocenters. The zero-order valence-corrected chi connectivity index (χ0v) is 18.2. The summed E-state index contributed by atoms with van der Waals surface area (Å²) in [6.07, 6.45) is -7.44. The zero-order valence-electron chi connectivity index (χ0n) is 17.5. The monoisotopic (exact) mass is 492 g/mol. The number of halogens is 4. The molecule has 0 spiro atoms. The van der Waals surface area contributed by atoms with Gasteiger partial charge in [0.05, 0.1) is 18.3 Å². The summed E-state index contributed by atoms with van der Waals surface area (Å²) in [6, 6.07) is 4.76. The Bertz CT molecular complexity index is 891. The summed E-state index contributed by atoms with van der Waals surface area (Å²) < 4.78 is 50.9. The van der Waals surface area contributed by atoms with Crippen molar-refractivity contribution in [2.45, 2.75) is 56.5 Å². The third kappa shape index (κ3) is 7.60. The van der Waals surface area contributed by atoms with Crippen LogP contribution in [0.15, 0.2) is 30.5 Å². The summed E-state index contributed by atoms with van der Waals surface area (Å²) in [7, 11) is 0. The number of hydrogen-bond acceptors (Lipinski definition) is 6. The molecule has 1 aliphatic heterocycles. The number of alkyl halides is 3. The predicted molar refractivity (Wildman–Crippen MR) is 110 cm³/mol. The highest BCUT2D eigenvalue weighted by Crippen LogP contribution is 2.36. The third-order valence-corrected chi connectivity index (χ3v) is 5.42. The number of benzene rings is 1. The van der Waals surface area contributed by atoms with Crippen LogP contribution in [-0.4, -0.2) is 54.7 Å². The molecular weight excluding hydrogens is 469 g/mol. The first-order valence-electron chi connectivity index (χ1n) is 10.3. The molecule has 1 fully saturated rings. The number of carbonyl (C=O) groups is 2. The van der Waals surface area contributed by atoms with Crippen molar-refractivity contribution in [2.75, 3.05) is 13.2 Å². The van der Waals surface area contributed by atoms with Gasteiger partial charge >= 0.3 is 6.36 Å². The van der Waals surface area contributed by atoms with Gasteiger partial charge in [-0.2, -0.15) is 0 Å². The van der Waals surface area contributed by atoms with E-state index in [4.69, 9.17) is 21.1 Å². The smallest absolute Gasteiger partial charge is 0.480 e. The van der Waals surface area contributed by atoms with Gasteiger partial charge in [0, 0.05) is 48.5 Å². The Balaban J connectivity index is 1.30. The van der Waals surface area contributed by atoms with Gasteiger partial charge in [-0.25, -0.2) is 0 Å². The van der Waals surface area contributed by atoms with Crippen molar-refractivity contribution in [3.05, 3.63) is 41.1 Å². The van der Waals surface area contributed by atoms with Crippen LogP contribution in [0.25, 0.3) is 0 Å². The predicted octanol–water partition coefficient (Wildman–Crippen LogP) is 2.74. The van der Waals surface area contributed by atoms with E-state index in [1.54, 1.807) is 18.2 Å². The quantitative estimate of drug-likeness (QED) is 0.489. The van der Waals surface area contributed by atoms with E-state index in [9.17, 15) is 27.9 Å². The molecule has 0 aromatic heterocycles. The molecule has 2 aliphatic rings. The van der Waals surface area contributed by atoms with E-state index < -0.39 is 42.6 Å². The van der Waals surface area contributed by atoms with Crippen LogP contribution >= 0.6 is 11.6 Å². The number of fused-ring (bicyclic) bond motifs is 1. The lowest BCUT2D eigenvalue weighted by atomic mass is 9.92. The minimum absolute atomic E-state index is 0.0521. The van der Waals surface area contributed by atoms with E-state index in [1.165, 1.54) is 0 Å². The van der Waals surface area contributed by atoms with Gasteiger partial charge in [0.2, 0.25) is 5.91 Å². The number of rotatable bonds is 9. The molecule has 3 rings (SSSR count). The normalized spacial score (nSPS) is 24.2. The van der Waals surface area contributed by atoms with Crippen molar-refractivity contribution in [1.82, 2.24) is 10.6 Å². The molecule has 1 aliphatic carbocycles. The number of hydrogen-bond donors (Lipinski definition) is 3. The Morgan fingerprint density at radius 1 is 1.24 bits per heavy atom. The van der Waals surface area contributed by atoms with Crippen LogP contribution in [0.5, 0.6) is 5.75 Å². The molecule has 0 radical (unpaired) electrons. The Labute approximate surface area is 193 Å². The standard InChI is InChI=1S/C21H24ClF3N2O6/c1-11(4-5-26-19(29)10-31-13-7-14(8-13)33-21(23,24)25)27-20(30)18-9-16(28)15-6-12(22)2-3-17(15)32-18/h2-3,6,13-14,16,18,28H,1,4-5,7-10H2,(H,26,29)(H,27,30)/t13-,14+,16-,18+/m0/s1. The summed E-state index contributed by atoms with van der Waals surface area (Å²) in [4.78, 5) is 24.2. The number of aliphatic hydroxyl groups excluding tert-OH is 1. The Morgan fingerprint density at radius 3 is 2.67 bits per heavy atom. The number of amides is 2. The minimum Gasteiger partial charge on any atom is -0.480 e. The van der Waals surface area contributed by atoms with Crippen molar-refractivity contribution in [2.24, 2.45) is 0 Å². The van der Waals surface area contributed by atoms with E-state index in [2.05, 4.69) is 21.9 Å². The van der Waals surface area contributed by atoms with E-state index >= 15 is 0 Å². The lowest BCUT2D eigenvalue weighted by Gasteiger charge is -2.34. The van der Waals surface area contributed by atoms with Gasteiger partial charge < -0.3 is 25.2 Å². The van der Waals surface area contributed by atoms with Crippen molar-refractivity contribution < 1.29 is 42.1 Å². The Hall–Kier alpha value is -2.34. The summed E-state index contributed by atoms with van der Waals surface area (Å²) in [6.45, 7) is 3.62. The molecule has 1 saturated carbocycles. The average Bonchev–Trinajstić information content (AvgIpc) is 2.69. The second kappa shape index (κ2) is 10.7. The van der Waals surface area contributed by atoms with Crippen molar-refractivity contribution in [1.29, 1.82) is 0 Å². The molecule has 2 amide bonds. The van der Waals surface area contributed by atoms with Gasteiger partial charge in [0.1, 0.15) is 12.4 Å². The first-order valence-corrected chi connectivity index (χ1v) is 10.6. The molecule has 3 N–H and O–H groups in total. The molecule has 0 saturated heterocycles. The van der Waals surface area contributed by atoms with Crippen LogP contribution in [0.1, 0.15) is 37.4 Å².